The van der Waals surface area contributed by atoms with Gasteiger partial charge in [0.1, 0.15) is 30.8 Å². The highest BCUT2D eigenvalue weighted by atomic mass is 16.6. The first-order valence-corrected chi connectivity index (χ1v) is 27.9. The van der Waals surface area contributed by atoms with Crippen LogP contribution in [0.1, 0.15) is 127 Å². The highest BCUT2D eigenvalue weighted by Gasteiger charge is 2.44. The van der Waals surface area contributed by atoms with Crippen LogP contribution in [0.3, 0.4) is 0 Å². The van der Waals surface area contributed by atoms with Crippen molar-refractivity contribution in [2.75, 3.05) is 53.3 Å². The summed E-state index contributed by atoms with van der Waals surface area (Å²) in [6, 6.07) is 0.515. The number of urea groups is 1. The Labute approximate surface area is 473 Å². The van der Waals surface area contributed by atoms with Crippen LogP contribution in [0, 0.1) is 29.6 Å². The van der Waals surface area contributed by atoms with E-state index in [-0.39, 0.29) is 68.1 Å². The summed E-state index contributed by atoms with van der Waals surface area (Å²) < 4.78 is 17.6. The quantitative estimate of drug-likeness (QED) is 0.0293. The number of benzene rings is 1. The molecule has 80 heavy (non-hydrogen) atoms. The molecule has 0 radical (unpaired) electrons. The molecule has 1 aliphatic heterocycles. The lowest BCUT2D eigenvalue weighted by atomic mass is 9.89. The first-order chi connectivity index (χ1) is 37.7. The number of hydrogen-bond donors (Lipinski definition) is 7. The van der Waals surface area contributed by atoms with Crippen molar-refractivity contribution in [1.29, 1.82) is 0 Å². The van der Waals surface area contributed by atoms with Crippen molar-refractivity contribution >= 4 is 65.9 Å². The minimum atomic E-state index is -1.10. The third kappa shape index (κ3) is 21.2. The number of amides is 10. The van der Waals surface area contributed by atoms with Crippen LogP contribution < -0.4 is 37.6 Å². The number of oxime groups is 1. The Hall–Kier alpha value is -6.56. The average Bonchev–Trinajstić information content (AvgIpc) is 3.91. The number of rotatable bonds is 34. The number of nitrogens with zero attached hydrogens (tertiary/aromatic N) is 4. The number of likely N-dealkylation sites (tertiary alicyclic amines) is 1. The number of carbonyl (C=O) groups excluding carboxylic acids is 9. The summed E-state index contributed by atoms with van der Waals surface area (Å²) in [7, 11) is 6.17. The molecule has 0 bridgehead atoms. The molecule has 0 saturated carbocycles. The second-order valence-corrected chi connectivity index (χ2v) is 21.9. The maximum Gasteiger partial charge on any atom is 0.410 e. The van der Waals surface area contributed by atoms with Crippen molar-refractivity contribution in [3.63, 3.8) is 0 Å². The molecule has 24 nitrogen and oxygen atoms in total. The van der Waals surface area contributed by atoms with Crippen LogP contribution in [0.15, 0.2) is 29.4 Å². The molecule has 24 heteroatoms. The van der Waals surface area contributed by atoms with Crippen LogP contribution in [0.5, 0.6) is 0 Å². The number of primary amides is 1. The Morgan fingerprint density at radius 1 is 0.775 bits per heavy atom. The molecule has 10 amide bonds. The van der Waals surface area contributed by atoms with Crippen LogP contribution in [0.2, 0.25) is 0 Å². The molecular formula is C56H95N11O13. The van der Waals surface area contributed by atoms with Crippen molar-refractivity contribution in [3.8, 4) is 0 Å². The second-order valence-electron chi connectivity index (χ2n) is 21.9. The normalized spacial score (nSPS) is 17.0. The van der Waals surface area contributed by atoms with Gasteiger partial charge >= 0.3 is 12.1 Å². The molecule has 0 aliphatic carbocycles. The molecule has 452 valence electrons. The molecule has 1 aromatic rings. The first-order valence-electron chi connectivity index (χ1n) is 27.9. The van der Waals surface area contributed by atoms with E-state index in [0.29, 0.717) is 30.6 Å². The number of nitrogens with two attached hydrogens (primary N) is 1. The topological polar surface area (TPSA) is 311 Å². The van der Waals surface area contributed by atoms with Gasteiger partial charge in [0.2, 0.25) is 35.4 Å². The summed E-state index contributed by atoms with van der Waals surface area (Å²) in [5.41, 5.74) is 6.08. The van der Waals surface area contributed by atoms with Gasteiger partial charge in [-0.3, -0.25) is 38.5 Å². The number of methoxy groups -OCH3 is 2. The van der Waals surface area contributed by atoms with Crippen LogP contribution in [-0.4, -0.2) is 177 Å². The van der Waals surface area contributed by atoms with Crippen LogP contribution >= 0.6 is 0 Å². The smallest absolute Gasteiger partial charge is 0.410 e. The van der Waals surface area contributed by atoms with E-state index in [2.05, 4.69) is 48.6 Å². The van der Waals surface area contributed by atoms with Crippen molar-refractivity contribution < 1.29 is 62.2 Å². The molecule has 8 N–H and O–H groups in total. The maximum absolute atomic E-state index is 14.7. The van der Waals surface area contributed by atoms with Gasteiger partial charge in [0, 0.05) is 59.9 Å². The predicted molar refractivity (Wildman–Crippen MR) is 303 cm³/mol. The van der Waals surface area contributed by atoms with E-state index >= 15 is 0 Å². The molecule has 1 saturated heterocycles. The van der Waals surface area contributed by atoms with Crippen LogP contribution in [-0.2, 0) is 59.2 Å². The van der Waals surface area contributed by atoms with E-state index in [1.54, 1.807) is 75.9 Å². The lowest BCUT2D eigenvalue weighted by Gasteiger charge is -2.41. The number of hydrogen-bond acceptors (Lipinski definition) is 14. The summed E-state index contributed by atoms with van der Waals surface area (Å²) >= 11 is 0. The zero-order valence-electron chi connectivity index (χ0n) is 50.1. The minimum absolute atomic E-state index is 0.00628. The van der Waals surface area contributed by atoms with Crippen molar-refractivity contribution in [3.05, 3.63) is 29.8 Å². The highest BCUT2D eigenvalue weighted by molar-refractivity contribution is 5.98. The fourth-order valence-corrected chi connectivity index (χ4v) is 9.86. The largest absolute Gasteiger partial charge is 0.445 e. The Balaban J connectivity index is 2.22. The molecule has 0 unspecified atom stereocenters. The number of ether oxygens (including phenoxy) is 3. The minimum Gasteiger partial charge on any atom is -0.445 e. The molecule has 1 aromatic carbocycles. The standard InChI is InChI=1S/C56H95N11O13/c1-17-35(9)48(42(77-15)29-44(69)67-28-20-22-41(67)49(78-16)37(11)50(70)60-36(10)18-2)65(13)54(74)46(33(5)6)64-53(73)47(34(7)8)66(14)56(76)79-30-38-23-25-39(26-24-38)61-51(71)40(21-19-27-59-55(57)75)62-52(72)45(32(3)4)63-43(68)31-80-58-12/h23-26,32-37,40-42,45-49H,12,17-22,27-31H2,1-11,13-16H3,(H,60,70)(H,61,71)(H,62,72)(H,63,68)(H,64,73)(H3,57,59,75)/t35-,36+,37+,40-,41-,42+,45-,46-,47-,48-,49+/m0/s1. The number of carbonyl (C=O) groups is 9. The monoisotopic (exact) mass is 1130 g/mol. The fraction of sp³-hybridized carbons (Fsp3) is 0.714. The average molecular weight is 1130 g/mol. The van der Waals surface area contributed by atoms with Crippen LogP contribution in [0.25, 0.3) is 0 Å². The molecule has 0 spiro atoms. The first kappa shape index (κ1) is 69.5. The summed E-state index contributed by atoms with van der Waals surface area (Å²) in [4.78, 5) is 130. The fourth-order valence-electron chi connectivity index (χ4n) is 9.86. The van der Waals surface area contributed by atoms with Gasteiger partial charge in [-0.05, 0) is 80.4 Å². The van der Waals surface area contributed by atoms with Gasteiger partial charge in [-0.15, -0.1) is 5.16 Å². The number of likely N-dealkylation sites (N-methyl/N-ethyl adjacent to an activating group) is 2. The van der Waals surface area contributed by atoms with E-state index < -0.39 is 108 Å². The van der Waals surface area contributed by atoms with Gasteiger partial charge in [0.15, 0.2) is 6.61 Å². The summed E-state index contributed by atoms with van der Waals surface area (Å²) in [5.74, 6) is -4.95. The molecule has 0 aromatic heterocycles. The van der Waals surface area contributed by atoms with E-state index in [1.807, 2.05) is 48.5 Å². The second kappa shape index (κ2) is 34.6. The SMILES string of the molecule is C=NOCC(=O)N[C@H](C(=O)N[C@@H](CCCNC(N)=O)C(=O)Nc1ccc(COC(=O)N(C)[C@H](C(=O)N[C@H](C(=O)N(C)[C@@H]([C@@H](C)CC)[C@@H](CC(=O)N2CCC[C@H]2[C@H](OC)[C@@H](C)C(=O)N[C@H](C)CC)OC)C(C)C)C(C)C)cc1)C(C)C. The van der Waals surface area contributed by atoms with E-state index in [1.165, 1.54) is 19.1 Å². The Morgan fingerprint density at radius 2 is 1.41 bits per heavy atom. The number of anilines is 1. The zero-order chi connectivity index (χ0) is 60.6. The lowest BCUT2D eigenvalue weighted by molar-refractivity contribution is -0.148. The molecule has 1 fully saturated rings. The molecule has 2 rings (SSSR count). The van der Waals surface area contributed by atoms with Gasteiger partial charge in [-0.1, -0.05) is 87.8 Å². The zero-order valence-corrected chi connectivity index (χ0v) is 50.1. The van der Waals surface area contributed by atoms with Gasteiger partial charge in [-0.25, -0.2) is 9.59 Å². The van der Waals surface area contributed by atoms with E-state index in [0.717, 1.165) is 12.8 Å². The number of nitrogens with one attached hydrogen (secondary N) is 6. The molecular weight excluding hydrogens is 1030 g/mol. The Bertz CT molecular complexity index is 2200. The van der Waals surface area contributed by atoms with E-state index in [4.69, 9.17) is 19.9 Å². The molecule has 1 aliphatic rings. The van der Waals surface area contributed by atoms with Gasteiger partial charge in [0.25, 0.3) is 5.91 Å². The highest BCUT2D eigenvalue weighted by Crippen LogP contribution is 2.30. The third-order valence-electron chi connectivity index (χ3n) is 14.8. The van der Waals surface area contributed by atoms with Crippen molar-refractivity contribution in [2.24, 2.45) is 40.5 Å². The van der Waals surface area contributed by atoms with E-state index in [9.17, 15) is 43.2 Å². The lowest BCUT2D eigenvalue weighted by Crippen LogP contribution is -2.60. The van der Waals surface area contributed by atoms with Crippen molar-refractivity contribution in [1.82, 2.24) is 41.3 Å². The molecule has 1 heterocycles. The van der Waals surface area contributed by atoms with Gasteiger partial charge in [-0.2, -0.15) is 0 Å². The van der Waals surface area contributed by atoms with Gasteiger partial charge in [0.05, 0.1) is 36.6 Å². The third-order valence-corrected chi connectivity index (χ3v) is 14.8. The van der Waals surface area contributed by atoms with Crippen molar-refractivity contribution in [2.45, 2.75) is 182 Å². The maximum atomic E-state index is 14.7. The Morgan fingerprint density at radius 3 is 1.95 bits per heavy atom. The summed E-state index contributed by atoms with van der Waals surface area (Å²) in [6.45, 7) is 23.4. The molecule has 11 atom stereocenters. The summed E-state index contributed by atoms with van der Waals surface area (Å²) in [5, 5.41) is 19.6. The predicted octanol–water partition coefficient (Wildman–Crippen LogP) is 3.90. The van der Waals surface area contributed by atoms with Gasteiger partial charge < -0.3 is 66.5 Å². The Kier molecular flexibility index (Phi) is 30.0. The van der Waals surface area contributed by atoms with Crippen LogP contribution in [0.4, 0.5) is 15.3 Å². The summed E-state index contributed by atoms with van der Waals surface area (Å²) in [6.07, 6.45) is 1.09.